The number of amides is 1. The Labute approximate surface area is 153 Å². The van der Waals surface area contributed by atoms with E-state index in [1.54, 1.807) is 4.52 Å². The number of H-pyrrole nitrogens is 1. The molecular formula is C20H27N5O. The topological polar surface area (TPSA) is 88.2 Å². The van der Waals surface area contributed by atoms with Gasteiger partial charge in [-0.15, -0.1) is 0 Å². The molecule has 2 aromatic heterocycles. The van der Waals surface area contributed by atoms with Crippen LogP contribution in [0.15, 0.2) is 36.5 Å². The van der Waals surface area contributed by atoms with Crippen LogP contribution in [0.2, 0.25) is 0 Å². The van der Waals surface area contributed by atoms with Crippen LogP contribution < -0.4 is 11.1 Å². The number of carbonyl (C=O) groups excluding carboxylic acids is 1. The number of nitrogens with zero attached hydrogens (tertiary/aromatic N) is 2. The van der Waals surface area contributed by atoms with Crippen LogP contribution in [0.1, 0.15) is 51.4 Å². The van der Waals surface area contributed by atoms with Gasteiger partial charge in [0.05, 0.1) is 11.9 Å². The highest BCUT2D eigenvalue weighted by Gasteiger charge is 2.29. The van der Waals surface area contributed by atoms with E-state index in [-0.39, 0.29) is 11.0 Å². The van der Waals surface area contributed by atoms with Gasteiger partial charge in [0.1, 0.15) is 11.2 Å². The van der Waals surface area contributed by atoms with Crippen molar-refractivity contribution < 1.29 is 4.79 Å². The molecule has 0 bridgehead atoms. The van der Waals surface area contributed by atoms with Gasteiger partial charge in [0.15, 0.2) is 5.82 Å². The monoisotopic (exact) mass is 353 g/mol. The van der Waals surface area contributed by atoms with Crippen LogP contribution in [0.25, 0.3) is 16.9 Å². The number of benzene rings is 1. The Morgan fingerprint density at radius 3 is 2.42 bits per heavy atom. The summed E-state index contributed by atoms with van der Waals surface area (Å²) in [7, 11) is 0. The van der Waals surface area contributed by atoms with Gasteiger partial charge in [0, 0.05) is 11.1 Å². The number of primary amides is 1. The van der Waals surface area contributed by atoms with Crippen molar-refractivity contribution in [2.45, 2.75) is 46.6 Å². The highest BCUT2D eigenvalue weighted by atomic mass is 16.1. The maximum Gasteiger partial charge on any atom is 0.254 e. The average molecular weight is 353 g/mol. The minimum Gasteiger partial charge on any atom is -0.365 e. The Hall–Kier alpha value is -2.76. The van der Waals surface area contributed by atoms with E-state index in [0.29, 0.717) is 11.2 Å². The molecular weight excluding hydrogens is 326 g/mol. The highest BCUT2D eigenvalue weighted by molar-refractivity contribution is 5.99. The number of carbonyl (C=O) groups is 1. The molecule has 0 unspecified atom stereocenters. The van der Waals surface area contributed by atoms with Crippen LogP contribution in [-0.4, -0.2) is 26.0 Å². The first-order valence-corrected chi connectivity index (χ1v) is 8.80. The molecule has 0 atom stereocenters. The molecule has 0 aliphatic rings. The SMILES string of the molecule is CC(C)(C)CC(C)(C)Nc1c(-c2ccccc2)[nH]c2c(C(N)=O)cnn12. The van der Waals surface area contributed by atoms with Crippen LogP contribution in [0.5, 0.6) is 0 Å². The largest absolute Gasteiger partial charge is 0.365 e. The number of aromatic amines is 1. The molecule has 0 aliphatic heterocycles. The van der Waals surface area contributed by atoms with E-state index in [1.807, 2.05) is 30.3 Å². The first-order valence-electron chi connectivity index (χ1n) is 8.80. The van der Waals surface area contributed by atoms with E-state index in [1.165, 1.54) is 6.20 Å². The summed E-state index contributed by atoms with van der Waals surface area (Å²) in [6.45, 7) is 11.0. The van der Waals surface area contributed by atoms with Gasteiger partial charge >= 0.3 is 0 Å². The van der Waals surface area contributed by atoms with Crippen LogP contribution in [-0.2, 0) is 0 Å². The Balaban J connectivity index is 2.14. The molecule has 0 spiro atoms. The van der Waals surface area contributed by atoms with Gasteiger partial charge in [-0.2, -0.15) is 9.61 Å². The number of aromatic nitrogens is 3. The summed E-state index contributed by atoms with van der Waals surface area (Å²) in [4.78, 5) is 15.1. The van der Waals surface area contributed by atoms with E-state index in [0.717, 1.165) is 23.5 Å². The van der Waals surface area contributed by atoms with Crippen molar-refractivity contribution >= 4 is 17.4 Å². The van der Waals surface area contributed by atoms with Gasteiger partial charge in [-0.25, -0.2) is 0 Å². The van der Waals surface area contributed by atoms with Crippen molar-refractivity contribution in [1.29, 1.82) is 0 Å². The molecule has 2 heterocycles. The third kappa shape index (κ3) is 3.59. The number of nitrogens with two attached hydrogens (primary N) is 1. The van der Waals surface area contributed by atoms with Crippen molar-refractivity contribution in [2.24, 2.45) is 11.1 Å². The molecule has 0 fully saturated rings. The summed E-state index contributed by atoms with van der Waals surface area (Å²) in [5, 5.41) is 8.02. The number of hydrogen-bond donors (Lipinski definition) is 3. The van der Waals surface area contributed by atoms with Crippen LogP contribution in [0.4, 0.5) is 5.82 Å². The first-order chi connectivity index (χ1) is 12.1. The molecule has 26 heavy (non-hydrogen) atoms. The number of nitrogens with one attached hydrogen (secondary N) is 2. The molecule has 0 saturated carbocycles. The maximum absolute atomic E-state index is 11.7. The third-order valence-electron chi connectivity index (χ3n) is 4.22. The lowest BCUT2D eigenvalue weighted by Crippen LogP contribution is -2.36. The highest BCUT2D eigenvalue weighted by Crippen LogP contribution is 2.35. The zero-order valence-corrected chi connectivity index (χ0v) is 16.1. The van der Waals surface area contributed by atoms with E-state index in [9.17, 15) is 4.79 Å². The van der Waals surface area contributed by atoms with Gasteiger partial charge in [0.2, 0.25) is 0 Å². The standard InChI is InChI=1S/C20H27N5O/c1-19(2,3)12-20(4,5)24-18-15(13-9-7-6-8-10-13)23-17-14(16(21)26)11-22-25(17)18/h6-11,23-24H,12H2,1-5H3,(H2,21,26). The van der Waals surface area contributed by atoms with Gasteiger partial charge in [-0.3, -0.25) is 4.79 Å². The summed E-state index contributed by atoms with van der Waals surface area (Å²) in [5.74, 6) is 0.328. The number of rotatable bonds is 5. The van der Waals surface area contributed by atoms with Gasteiger partial charge < -0.3 is 16.0 Å². The molecule has 0 radical (unpaired) electrons. The van der Waals surface area contributed by atoms with Crippen molar-refractivity contribution in [2.75, 3.05) is 5.32 Å². The predicted molar refractivity (Wildman–Crippen MR) is 105 cm³/mol. The summed E-state index contributed by atoms with van der Waals surface area (Å²) in [6.07, 6.45) is 2.47. The Morgan fingerprint density at radius 2 is 1.85 bits per heavy atom. The smallest absolute Gasteiger partial charge is 0.254 e. The van der Waals surface area contributed by atoms with Gasteiger partial charge in [-0.05, 0) is 25.7 Å². The lowest BCUT2D eigenvalue weighted by atomic mass is 9.82. The van der Waals surface area contributed by atoms with Crippen molar-refractivity contribution in [1.82, 2.24) is 14.6 Å². The molecule has 6 nitrogen and oxygen atoms in total. The molecule has 6 heteroatoms. The van der Waals surface area contributed by atoms with E-state index < -0.39 is 5.91 Å². The van der Waals surface area contributed by atoms with E-state index in [4.69, 9.17) is 5.73 Å². The number of imidazole rings is 1. The average Bonchev–Trinajstić information content (AvgIpc) is 3.05. The number of fused-ring (bicyclic) bond motifs is 1. The molecule has 3 rings (SSSR count). The van der Waals surface area contributed by atoms with Crippen molar-refractivity contribution in [3.63, 3.8) is 0 Å². The lowest BCUT2D eigenvalue weighted by Gasteiger charge is -2.34. The summed E-state index contributed by atoms with van der Waals surface area (Å²) in [5.41, 5.74) is 8.38. The molecule has 0 saturated heterocycles. The fourth-order valence-corrected chi connectivity index (χ4v) is 3.72. The van der Waals surface area contributed by atoms with Gasteiger partial charge in [0.25, 0.3) is 5.91 Å². The molecule has 3 aromatic rings. The molecule has 138 valence electrons. The minimum absolute atomic E-state index is 0.168. The fourth-order valence-electron chi connectivity index (χ4n) is 3.72. The van der Waals surface area contributed by atoms with Crippen LogP contribution >= 0.6 is 0 Å². The Kier molecular flexibility index (Phi) is 4.30. The lowest BCUT2D eigenvalue weighted by molar-refractivity contribution is 0.100. The minimum atomic E-state index is -0.499. The predicted octanol–water partition coefficient (Wildman–Crippen LogP) is 4.06. The third-order valence-corrected chi connectivity index (χ3v) is 4.22. The quantitative estimate of drug-likeness (QED) is 0.646. The zero-order valence-electron chi connectivity index (χ0n) is 16.1. The van der Waals surface area contributed by atoms with Crippen molar-refractivity contribution in [3.05, 3.63) is 42.1 Å². The molecule has 4 N–H and O–H groups in total. The van der Waals surface area contributed by atoms with Crippen LogP contribution in [0, 0.1) is 5.41 Å². The Morgan fingerprint density at radius 1 is 1.19 bits per heavy atom. The fraction of sp³-hybridized carbons (Fsp3) is 0.400. The molecule has 0 aliphatic carbocycles. The van der Waals surface area contributed by atoms with Crippen LogP contribution in [0.3, 0.4) is 0 Å². The second-order valence-electron chi connectivity index (χ2n) is 8.64. The summed E-state index contributed by atoms with van der Waals surface area (Å²) >= 11 is 0. The summed E-state index contributed by atoms with van der Waals surface area (Å²) in [6, 6.07) is 9.99. The first kappa shape index (κ1) is 18.0. The van der Waals surface area contributed by atoms with E-state index >= 15 is 0 Å². The second kappa shape index (κ2) is 6.20. The Bertz CT molecular complexity index is 928. The van der Waals surface area contributed by atoms with Gasteiger partial charge in [-0.1, -0.05) is 51.1 Å². The molecule has 1 aromatic carbocycles. The second-order valence-corrected chi connectivity index (χ2v) is 8.64. The zero-order chi connectivity index (χ0) is 19.1. The normalized spacial score (nSPS) is 12.5. The van der Waals surface area contributed by atoms with E-state index in [2.05, 4.69) is 50.0 Å². The maximum atomic E-state index is 11.7. The number of anilines is 1. The molecule has 1 amide bonds. The number of hydrogen-bond acceptors (Lipinski definition) is 3. The summed E-state index contributed by atoms with van der Waals surface area (Å²) < 4.78 is 1.73. The van der Waals surface area contributed by atoms with Crippen molar-refractivity contribution in [3.8, 4) is 11.3 Å².